The van der Waals surface area contributed by atoms with E-state index in [0.29, 0.717) is 30.1 Å². The molecule has 1 saturated heterocycles. The number of amides is 1. The number of rotatable bonds is 8. The Labute approximate surface area is 222 Å². The summed E-state index contributed by atoms with van der Waals surface area (Å²) < 4.78 is 16.0. The second kappa shape index (κ2) is 12.4. The Morgan fingerprint density at radius 1 is 1.03 bits per heavy atom. The van der Waals surface area contributed by atoms with Crippen molar-refractivity contribution in [2.24, 2.45) is 10.2 Å². The number of aliphatic hydroxyl groups excluding tert-OH is 3. The molecule has 4 rings (SSSR count). The molecule has 2 aliphatic heterocycles. The number of amidine groups is 2. The van der Waals surface area contributed by atoms with Gasteiger partial charge in [0, 0.05) is 18.4 Å². The van der Waals surface area contributed by atoms with Gasteiger partial charge < -0.3 is 34.6 Å². The highest BCUT2D eigenvalue weighted by molar-refractivity contribution is 6.05. The number of aliphatic hydroxyl groups is 3. The Kier molecular flexibility index (Phi) is 8.74. The lowest BCUT2D eigenvalue weighted by Crippen LogP contribution is -2.61. The highest BCUT2D eigenvalue weighted by Crippen LogP contribution is 2.25. The van der Waals surface area contributed by atoms with Gasteiger partial charge in [0.1, 0.15) is 30.7 Å². The number of benzene rings is 2. The molecular formula is C26H26N4O9. The molecule has 0 saturated carbocycles. The molecule has 2 heterocycles. The highest BCUT2D eigenvalue weighted by atomic mass is 16.7. The van der Waals surface area contributed by atoms with Crippen LogP contribution in [0.5, 0.6) is 5.75 Å². The summed E-state index contributed by atoms with van der Waals surface area (Å²) >= 11 is 0. The van der Waals surface area contributed by atoms with Gasteiger partial charge in [0.2, 0.25) is 6.29 Å². The second-order valence-corrected chi connectivity index (χ2v) is 8.53. The molecule has 0 aliphatic carbocycles. The summed E-state index contributed by atoms with van der Waals surface area (Å²) in [5.74, 6) is 1.80. The third-order valence-electron chi connectivity index (χ3n) is 5.81. The Hall–Kier alpha value is -4.48. The number of aliphatic carboxylic acids is 1. The van der Waals surface area contributed by atoms with Crippen molar-refractivity contribution in [1.29, 1.82) is 0 Å². The maximum atomic E-state index is 12.9. The van der Waals surface area contributed by atoms with Crippen molar-refractivity contribution in [3.63, 3.8) is 0 Å². The second-order valence-electron chi connectivity index (χ2n) is 8.53. The van der Waals surface area contributed by atoms with Crippen LogP contribution in [-0.2, 0) is 20.9 Å². The van der Waals surface area contributed by atoms with Crippen LogP contribution < -0.4 is 10.2 Å². The fraction of sp³-hybridized carbons (Fsp3) is 0.308. The predicted octanol–water partition coefficient (Wildman–Crippen LogP) is 0.588. The van der Waals surface area contributed by atoms with Gasteiger partial charge in [0.15, 0.2) is 17.8 Å². The zero-order valence-corrected chi connectivity index (χ0v) is 20.5. The number of carboxylic acid groups (broad SMARTS) is 1. The Morgan fingerprint density at radius 3 is 2.41 bits per heavy atom. The van der Waals surface area contributed by atoms with Crippen LogP contribution in [0, 0.1) is 12.3 Å². The van der Waals surface area contributed by atoms with Crippen molar-refractivity contribution in [2.45, 2.75) is 50.2 Å². The first-order chi connectivity index (χ1) is 18.8. The van der Waals surface area contributed by atoms with Gasteiger partial charge in [-0.15, -0.1) is 22.5 Å². The molecular weight excluding hydrogens is 512 g/mol. The number of carboxylic acids is 1. The molecule has 5 atom stereocenters. The first-order valence-electron chi connectivity index (χ1n) is 11.8. The largest absolute Gasteiger partial charge is 0.479 e. The van der Waals surface area contributed by atoms with Crippen LogP contribution >= 0.6 is 0 Å². The van der Waals surface area contributed by atoms with Crippen LogP contribution in [0.1, 0.15) is 24.0 Å². The van der Waals surface area contributed by atoms with E-state index >= 15 is 0 Å². The number of hydrazine groups is 1. The van der Waals surface area contributed by atoms with Gasteiger partial charge in [0.25, 0.3) is 0 Å². The lowest BCUT2D eigenvalue weighted by Gasteiger charge is -2.38. The van der Waals surface area contributed by atoms with E-state index in [-0.39, 0.29) is 12.4 Å². The molecule has 0 bridgehead atoms. The van der Waals surface area contributed by atoms with Crippen molar-refractivity contribution < 1.29 is 44.2 Å². The van der Waals surface area contributed by atoms with Crippen LogP contribution in [0.3, 0.4) is 0 Å². The number of nitrogens with zero attached hydrogens (tertiary/aromatic N) is 3. The Balaban J connectivity index is 1.37. The number of carbonyl (C=O) groups excluding carboxylic acids is 1. The molecule has 13 heteroatoms. The van der Waals surface area contributed by atoms with E-state index in [1.165, 1.54) is 12.1 Å². The van der Waals surface area contributed by atoms with E-state index in [4.69, 9.17) is 25.7 Å². The minimum absolute atomic E-state index is 0.119. The number of hydrogen-bond donors (Lipinski definition) is 5. The van der Waals surface area contributed by atoms with Crippen molar-refractivity contribution in [2.75, 3.05) is 0 Å². The van der Waals surface area contributed by atoms with Crippen LogP contribution in [0.4, 0.5) is 4.79 Å². The Bertz CT molecular complexity index is 1280. The van der Waals surface area contributed by atoms with E-state index in [0.717, 1.165) is 10.6 Å². The SMILES string of the molecule is C#CCCC1=NN=C(c2ccccc2)NN1C(=O)OCc1ccc(OC2O[C@H](C(=O)O)C(O)C(O)C2O)cc1. The minimum Gasteiger partial charge on any atom is -0.479 e. The minimum atomic E-state index is -1.82. The molecule has 13 nitrogen and oxygen atoms in total. The van der Waals surface area contributed by atoms with Crippen LogP contribution in [0.25, 0.3) is 0 Å². The molecule has 4 unspecified atom stereocenters. The maximum Gasteiger partial charge on any atom is 0.435 e. The quantitative estimate of drug-likeness (QED) is 0.298. The lowest BCUT2D eigenvalue weighted by molar-refractivity contribution is -0.271. The summed E-state index contributed by atoms with van der Waals surface area (Å²) in [5, 5.41) is 48.4. The molecule has 204 valence electrons. The molecule has 5 N–H and O–H groups in total. The molecule has 1 amide bonds. The third kappa shape index (κ3) is 6.51. The molecule has 0 aromatic heterocycles. The lowest BCUT2D eigenvalue weighted by atomic mass is 9.99. The van der Waals surface area contributed by atoms with E-state index in [2.05, 4.69) is 21.5 Å². The fourth-order valence-electron chi connectivity index (χ4n) is 3.72. The average Bonchev–Trinajstić information content (AvgIpc) is 2.96. The van der Waals surface area contributed by atoms with E-state index in [1.807, 2.05) is 30.3 Å². The van der Waals surface area contributed by atoms with Gasteiger partial charge in [-0.1, -0.05) is 42.5 Å². The normalized spacial score (nSPS) is 24.5. The molecule has 0 radical (unpaired) electrons. The van der Waals surface area contributed by atoms with E-state index in [9.17, 15) is 24.9 Å². The van der Waals surface area contributed by atoms with Crippen LogP contribution in [0.2, 0.25) is 0 Å². The zero-order chi connectivity index (χ0) is 27.9. The van der Waals surface area contributed by atoms with Gasteiger partial charge in [-0.25, -0.2) is 9.59 Å². The smallest absolute Gasteiger partial charge is 0.435 e. The molecule has 2 aromatic rings. The summed E-state index contributed by atoms with van der Waals surface area (Å²) in [6.45, 7) is -0.119. The van der Waals surface area contributed by atoms with Crippen LogP contribution in [0.15, 0.2) is 64.8 Å². The van der Waals surface area contributed by atoms with Crippen molar-refractivity contribution in [3.8, 4) is 18.1 Å². The summed E-state index contributed by atoms with van der Waals surface area (Å²) in [4.78, 5) is 24.2. The number of nitrogens with one attached hydrogen (secondary N) is 1. The van der Waals surface area contributed by atoms with Crippen molar-refractivity contribution in [1.82, 2.24) is 10.4 Å². The van der Waals surface area contributed by atoms with E-state index < -0.39 is 42.8 Å². The van der Waals surface area contributed by atoms with Gasteiger partial charge in [-0.2, -0.15) is 5.01 Å². The molecule has 0 spiro atoms. The summed E-state index contributed by atoms with van der Waals surface area (Å²) in [5.41, 5.74) is 4.21. The number of terminal acetylenes is 1. The molecule has 1 fully saturated rings. The van der Waals surface area contributed by atoms with Gasteiger partial charge in [-0.05, 0) is 17.7 Å². The van der Waals surface area contributed by atoms with Crippen LogP contribution in [-0.4, -0.2) is 79.9 Å². The zero-order valence-electron chi connectivity index (χ0n) is 20.5. The Morgan fingerprint density at radius 2 is 1.74 bits per heavy atom. The van der Waals surface area contributed by atoms with Gasteiger partial charge in [0.05, 0.1) is 0 Å². The predicted molar refractivity (Wildman–Crippen MR) is 135 cm³/mol. The standard InChI is InChI=1S/C26H26N4O9/c1-2-3-9-18-27-28-23(16-7-5-4-6-8-16)29-30(18)26(36)37-14-15-10-12-17(13-11-15)38-25-21(33)19(31)20(32)22(39-25)24(34)35/h1,4-8,10-13,19-22,25,31-33H,3,9,14H2,(H,28,29)(H,34,35)/t19?,20?,21?,22-,25?/m0/s1. The number of ether oxygens (including phenoxy) is 3. The maximum absolute atomic E-state index is 12.9. The molecule has 39 heavy (non-hydrogen) atoms. The highest BCUT2D eigenvalue weighted by Gasteiger charge is 2.48. The van der Waals surface area contributed by atoms with Crippen molar-refractivity contribution in [3.05, 3.63) is 65.7 Å². The monoisotopic (exact) mass is 538 g/mol. The molecule has 2 aliphatic rings. The van der Waals surface area contributed by atoms with Crippen molar-refractivity contribution >= 4 is 23.7 Å². The fourth-order valence-corrected chi connectivity index (χ4v) is 3.72. The number of carbonyl (C=O) groups is 2. The van der Waals surface area contributed by atoms with Gasteiger partial charge in [-0.3, -0.25) is 5.43 Å². The summed E-state index contributed by atoms with van der Waals surface area (Å²) in [6, 6.07) is 15.2. The molecule has 2 aromatic carbocycles. The van der Waals surface area contributed by atoms with Gasteiger partial charge >= 0.3 is 12.1 Å². The topological polar surface area (TPSA) is 183 Å². The third-order valence-corrected chi connectivity index (χ3v) is 5.81. The van der Waals surface area contributed by atoms with E-state index in [1.54, 1.807) is 12.1 Å². The summed E-state index contributed by atoms with van der Waals surface area (Å²) in [7, 11) is 0. The average molecular weight is 539 g/mol. The number of hydrogen-bond acceptors (Lipinski definition) is 11. The summed E-state index contributed by atoms with van der Waals surface area (Å²) in [6.07, 6.45) is -3.37. The first-order valence-corrected chi connectivity index (χ1v) is 11.8. The first kappa shape index (κ1) is 27.6.